The van der Waals surface area contributed by atoms with E-state index < -0.39 is 0 Å². The van der Waals surface area contributed by atoms with E-state index in [2.05, 4.69) is 77.9 Å². The number of thioether (sulfide) groups is 1. The first-order valence-electron chi connectivity index (χ1n) is 6.76. The fourth-order valence-electron chi connectivity index (χ4n) is 1.96. The van der Waals surface area contributed by atoms with Crippen LogP contribution in [0.25, 0.3) is 0 Å². The number of rotatable bonds is 3. The molecule has 1 aromatic carbocycles. The van der Waals surface area contributed by atoms with Gasteiger partial charge in [-0.05, 0) is 34.5 Å². The second-order valence-corrected chi connectivity index (χ2v) is 8.18. The molecule has 0 radical (unpaired) electrons. The van der Waals surface area contributed by atoms with Crippen molar-refractivity contribution >= 4 is 39.9 Å². The van der Waals surface area contributed by atoms with Crippen LogP contribution >= 0.6 is 39.9 Å². The van der Waals surface area contributed by atoms with E-state index in [0.717, 1.165) is 21.7 Å². The van der Waals surface area contributed by atoms with Crippen molar-refractivity contribution in [3.05, 3.63) is 50.5 Å². The van der Waals surface area contributed by atoms with Crippen LogP contribution in [0, 0.1) is 11.6 Å². The zero-order valence-corrected chi connectivity index (χ0v) is 15.9. The summed E-state index contributed by atoms with van der Waals surface area (Å²) in [7, 11) is 0. The molecule has 0 aliphatic carbocycles. The molecule has 0 bridgehead atoms. The molecule has 0 aliphatic heterocycles. The molecule has 1 heterocycles. The third kappa shape index (κ3) is 4.18. The third-order valence-corrected chi connectivity index (χ3v) is 5.64. The number of hydrogen-bond donors (Lipinski definition) is 1. The predicted molar refractivity (Wildman–Crippen MR) is 96.6 cm³/mol. The van der Waals surface area contributed by atoms with Gasteiger partial charge in [0, 0.05) is 16.0 Å². The minimum Gasteiger partial charge on any atom is -0.345 e. The first kappa shape index (κ1) is 16.7. The highest BCUT2D eigenvalue weighted by atomic mass is 79.9. The van der Waals surface area contributed by atoms with E-state index in [1.807, 2.05) is 0 Å². The van der Waals surface area contributed by atoms with Crippen molar-refractivity contribution in [3.63, 3.8) is 0 Å². The number of benzene rings is 1. The summed E-state index contributed by atoms with van der Waals surface area (Å²) < 4.78 is 1.52. The fourth-order valence-corrected chi connectivity index (χ4v) is 3.85. The molecule has 2 nitrogen and oxygen atoms in total. The van der Waals surface area contributed by atoms with Gasteiger partial charge in [0.05, 0.1) is 10.2 Å². The van der Waals surface area contributed by atoms with Crippen molar-refractivity contribution < 1.29 is 0 Å². The summed E-state index contributed by atoms with van der Waals surface area (Å²) in [6.07, 6.45) is 0. The molecule has 21 heavy (non-hydrogen) atoms. The average Bonchev–Trinajstić information content (AvgIpc) is 2.40. The summed E-state index contributed by atoms with van der Waals surface area (Å²) in [5, 5.41) is 0. The van der Waals surface area contributed by atoms with Gasteiger partial charge in [-0.15, -0.1) is 11.8 Å². The highest BCUT2D eigenvalue weighted by molar-refractivity contribution is 9.10. The van der Waals surface area contributed by atoms with Gasteiger partial charge >= 0.3 is 0 Å². The van der Waals surface area contributed by atoms with E-state index in [0.29, 0.717) is 4.64 Å². The van der Waals surface area contributed by atoms with Gasteiger partial charge in [0.1, 0.15) is 10.5 Å². The zero-order valence-electron chi connectivity index (χ0n) is 12.7. The van der Waals surface area contributed by atoms with E-state index in [-0.39, 0.29) is 5.41 Å². The Labute approximate surface area is 143 Å². The summed E-state index contributed by atoms with van der Waals surface area (Å²) in [6.45, 7) is 8.62. The third-order valence-electron chi connectivity index (χ3n) is 3.12. The van der Waals surface area contributed by atoms with Crippen LogP contribution in [0.5, 0.6) is 0 Å². The van der Waals surface area contributed by atoms with Crippen molar-refractivity contribution in [2.75, 3.05) is 0 Å². The molecule has 112 valence electrons. The topological polar surface area (TPSA) is 28.7 Å². The number of aromatic nitrogens is 2. The lowest BCUT2D eigenvalue weighted by Crippen LogP contribution is -2.16. The molecular formula is C16H19BrN2S2. The molecule has 0 aliphatic rings. The highest BCUT2D eigenvalue weighted by Crippen LogP contribution is 2.30. The summed E-state index contributed by atoms with van der Waals surface area (Å²) in [4.78, 5) is 9.20. The van der Waals surface area contributed by atoms with Crippen LogP contribution in [0.3, 0.4) is 0 Å². The molecule has 5 heteroatoms. The lowest BCUT2D eigenvalue weighted by Gasteiger charge is -2.21. The Balaban J connectivity index is 2.28. The fraction of sp³-hybridized carbons (Fsp3) is 0.375. The van der Waals surface area contributed by atoms with E-state index >= 15 is 0 Å². The molecule has 2 aromatic rings. The summed E-state index contributed by atoms with van der Waals surface area (Å²) >= 11 is 10.7. The molecule has 1 aromatic heterocycles. The van der Waals surface area contributed by atoms with Crippen molar-refractivity contribution in [2.24, 2.45) is 0 Å². The minimum atomic E-state index is -0.00257. The standard InChI is InChI=1S/C16H19BrN2S2/c1-10-7-5-6-8-11(10)21-9-12-18-14(16(2,3)4)13(17)15(20)19-12/h5-8H,9H2,1-4H3,(H,18,19,20). The number of H-pyrrole nitrogens is 1. The maximum atomic E-state index is 5.37. The predicted octanol–water partition coefficient (Wildman–Crippen LogP) is 5.80. The molecule has 0 unspecified atom stereocenters. The number of aryl methyl sites for hydroxylation is 1. The van der Waals surface area contributed by atoms with E-state index in [9.17, 15) is 0 Å². The van der Waals surface area contributed by atoms with Gasteiger partial charge in [0.2, 0.25) is 0 Å². The number of nitrogens with zero attached hydrogens (tertiary/aromatic N) is 1. The molecule has 1 N–H and O–H groups in total. The monoisotopic (exact) mass is 382 g/mol. The lowest BCUT2D eigenvalue weighted by molar-refractivity contribution is 0.559. The van der Waals surface area contributed by atoms with Crippen LogP contribution in [0.2, 0.25) is 0 Å². The number of nitrogens with one attached hydrogen (secondary N) is 1. The lowest BCUT2D eigenvalue weighted by atomic mass is 9.92. The van der Waals surface area contributed by atoms with Crippen LogP contribution in [-0.2, 0) is 11.2 Å². The van der Waals surface area contributed by atoms with Crippen molar-refractivity contribution in [2.45, 2.75) is 43.8 Å². The van der Waals surface area contributed by atoms with Gasteiger partial charge in [-0.25, -0.2) is 4.98 Å². The summed E-state index contributed by atoms with van der Waals surface area (Å²) in [5.74, 6) is 1.70. The van der Waals surface area contributed by atoms with Crippen LogP contribution in [0.15, 0.2) is 33.6 Å². The maximum absolute atomic E-state index is 5.37. The molecule has 0 amide bonds. The SMILES string of the molecule is Cc1ccccc1SCc1nc(=S)c(Br)c(C(C)(C)C)[nH]1. The average molecular weight is 383 g/mol. The second-order valence-electron chi connectivity index (χ2n) is 5.98. The smallest absolute Gasteiger partial charge is 0.144 e. The van der Waals surface area contributed by atoms with Gasteiger partial charge < -0.3 is 4.98 Å². The molecular weight excluding hydrogens is 364 g/mol. The van der Waals surface area contributed by atoms with Gasteiger partial charge in [-0.1, -0.05) is 51.2 Å². The summed E-state index contributed by atoms with van der Waals surface area (Å²) in [5.41, 5.74) is 2.38. The first-order chi connectivity index (χ1) is 9.79. The van der Waals surface area contributed by atoms with Gasteiger partial charge in [-0.2, -0.15) is 0 Å². The number of halogens is 1. The quantitative estimate of drug-likeness (QED) is 0.536. The Morgan fingerprint density at radius 1 is 1.29 bits per heavy atom. The van der Waals surface area contributed by atoms with E-state index in [1.54, 1.807) is 11.8 Å². The van der Waals surface area contributed by atoms with Gasteiger partial charge in [-0.3, -0.25) is 0 Å². The van der Waals surface area contributed by atoms with Crippen LogP contribution in [0.4, 0.5) is 0 Å². The summed E-state index contributed by atoms with van der Waals surface area (Å²) in [6, 6.07) is 8.38. The second kappa shape index (κ2) is 6.63. The maximum Gasteiger partial charge on any atom is 0.144 e. The Bertz CT molecular complexity index is 702. The molecule has 0 spiro atoms. The minimum absolute atomic E-state index is 0.00257. The van der Waals surface area contributed by atoms with Crippen LogP contribution in [0.1, 0.15) is 37.9 Å². The normalized spacial score (nSPS) is 11.7. The van der Waals surface area contributed by atoms with Crippen molar-refractivity contribution in [1.82, 2.24) is 9.97 Å². The number of hydrogen-bond acceptors (Lipinski definition) is 3. The molecule has 2 rings (SSSR count). The van der Waals surface area contributed by atoms with Crippen LogP contribution in [-0.4, -0.2) is 9.97 Å². The van der Waals surface area contributed by atoms with Gasteiger partial charge in [0.15, 0.2) is 0 Å². The molecule has 0 atom stereocenters. The Morgan fingerprint density at radius 3 is 2.57 bits per heavy atom. The highest BCUT2D eigenvalue weighted by Gasteiger charge is 2.20. The molecule has 0 saturated heterocycles. The van der Waals surface area contributed by atoms with Crippen molar-refractivity contribution in [3.8, 4) is 0 Å². The molecule has 0 fully saturated rings. The Morgan fingerprint density at radius 2 is 1.95 bits per heavy atom. The van der Waals surface area contributed by atoms with E-state index in [4.69, 9.17) is 12.2 Å². The van der Waals surface area contributed by atoms with Crippen molar-refractivity contribution in [1.29, 1.82) is 0 Å². The number of aromatic amines is 1. The van der Waals surface area contributed by atoms with Crippen LogP contribution < -0.4 is 0 Å². The zero-order chi connectivity index (χ0) is 15.6. The Hall–Kier alpha value is -0.650. The van der Waals surface area contributed by atoms with E-state index in [1.165, 1.54) is 10.5 Å². The Kier molecular flexibility index (Phi) is 5.28. The molecule has 0 saturated carbocycles. The van der Waals surface area contributed by atoms with Gasteiger partial charge in [0.25, 0.3) is 0 Å². The first-order valence-corrected chi connectivity index (χ1v) is 8.95. The largest absolute Gasteiger partial charge is 0.345 e.